The van der Waals surface area contributed by atoms with Crippen molar-refractivity contribution < 1.29 is 0 Å². The Bertz CT molecular complexity index is 642. The van der Waals surface area contributed by atoms with Crippen LogP contribution < -0.4 is 5.73 Å². The molecular formula is C16H22N4. The van der Waals surface area contributed by atoms with Crippen molar-refractivity contribution in [3.05, 3.63) is 46.3 Å². The predicted octanol–water partition coefficient (Wildman–Crippen LogP) is 2.18. The molecule has 0 atom stereocenters. The number of anilines is 1. The summed E-state index contributed by atoms with van der Waals surface area (Å²) in [7, 11) is 2.01. The molecule has 4 nitrogen and oxygen atoms in total. The smallest absolute Gasteiger partial charge is 0.0641 e. The van der Waals surface area contributed by atoms with Gasteiger partial charge in [-0.15, -0.1) is 0 Å². The Labute approximate surface area is 120 Å². The van der Waals surface area contributed by atoms with Gasteiger partial charge in [0.2, 0.25) is 0 Å². The van der Waals surface area contributed by atoms with Crippen LogP contribution in [-0.4, -0.2) is 21.2 Å². The molecule has 0 amide bonds. The molecule has 2 N–H and O–H groups in total. The molecule has 1 aromatic carbocycles. The van der Waals surface area contributed by atoms with Crippen LogP contribution in [0, 0.1) is 13.8 Å². The Morgan fingerprint density at radius 3 is 2.80 bits per heavy atom. The van der Waals surface area contributed by atoms with E-state index in [1.165, 1.54) is 22.4 Å². The first-order valence-electron chi connectivity index (χ1n) is 7.14. The predicted molar refractivity (Wildman–Crippen MR) is 81.4 cm³/mol. The maximum atomic E-state index is 6.12. The average molecular weight is 270 g/mol. The zero-order chi connectivity index (χ0) is 14.3. The SMILES string of the molecule is Cc1nn(C)c(C)c1CN1CCc2cccc(N)c2C1. The molecular weight excluding hydrogens is 248 g/mol. The Balaban J connectivity index is 1.83. The minimum atomic E-state index is 0.923. The van der Waals surface area contributed by atoms with Crippen LogP contribution in [0.3, 0.4) is 0 Å². The molecule has 0 saturated carbocycles. The minimum absolute atomic E-state index is 0.923. The molecule has 4 heteroatoms. The van der Waals surface area contributed by atoms with Gasteiger partial charge in [-0.1, -0.05) is 12.1 Å². The van der Waals surface area contributed by atoms with Crippen LogP contribution in [0.15, 0.2) is 18.2 Å². The van der Waals surface area contributed by atoms with Gasteiger partial charge in [0, 0.05) is 43.6 Å². The number of hydrogen-bond donors (Lipinski definition) is 1. The summed E-state index contributed by atoms with van der Waals surface area (Å²) in [6.07, 6.45) is 1.08. The Kier molecular flexibility index (Phi) is 3.26. The van der Waals surface area contributed by atoms with Crippen LogP contribution in [0.1, 0.15) is 28.1 Å². The van der Waals surface area contributed by atoms with Gasteiger partial charge in [-0.2, -0.15) is 5.10 Å². The van der Waals surface area contributed by atoms with E-state index in [4.69, 9.17) is 5.73 Å². The quantitative estimate of drug-likeness (QED) is 0.851. The second kappa shape index (κ2) is 4.94. The fraction of sp³-hybridized carbons (Fsp3) is 0.438. The van der Waals surface area contributed by atoms with Gasteiger partial charge in [-0.05, 0) is 37.5 Å². The summed E-state index contributed by atoms with van der Waals surface area (Å²) in [6, 6.07) is 6.26. The minimum Gasteiger partial charge on any atom is -0.398 e. The zero-order valence-electron chi connectivity index (χ0n) is 12.5. The van der Waals surface area contributed by atoms with Gasteiger partial charge < -0.3 is 5.73 Å². The van der Waals surface area contributed by atoms with Gasteiger partial charge in [0.25, 0.3) is 0 Å². The lowest BCUT2D eigenvalue weighted by molar-refractivity contribution is 0.245. The van der Waals surface area contributed by atoms with Crippen molar-refractivity contribution in [1.82, 2.24) is 14.7 Å². The van der Waals surface area contributed by atoms with Crippen LogP contribution in [0.4, 0.5) is 5.69 Å². The molecule has 20 heavy (non-hydrogen) atoms. The second-order valence-corrected chi connectivity index (χ2v) is 5.72. The number of aromatic nitrogens is 2. The average Bonchev–Trinajstić information content (AvgIpc) is 2.66. The van der Waals surface area contributed by atoms with Crippen molar-refractivity contribution in [2.24, 2.45) is 7.05 Å². The van der Waals surface area contributed by atoms with Crippen molar-refractivity contribution in [1.29, 1.82) is 0 Å². The molecule has 0 unspecified atom stereocenters. The van der Waals surface area contributed by atoms with E-state index in [1.54, 1.807) is 0 Å². The Morgan fingerprint density at radius 2 is 2.10 bits per heavy atom. The number of aryl methyl sites for hydroxylation is 2. The first-order chi connectivity index (χ1) is 9.56. The fourth-order valence-corrected chi connectivity index (χ4v) is 3.07. The van der Waals surface area contributed by atoms with Gasteiger partial charge in [0.1, 0.15) is 0 Å². The highest BCUT2D eigenvalue weighted by molar-refractivity contribution is 5.51. The zero-order valence-corrected chi connectivity index (χ0v) is 12.5. The van der Waals surface area contributed by atoms with E-state index in [0.717, 1.165) is 37.4 Å². The van der Waals surface area contributed by atoms with Crippen molar-refractivity contribution in [2.75, 3.05) is 12.3 Å². The summed E-state index contributed by atoms with van der Waals surface area (Å²) in [5, 5.41) is 4.50. The lowest BCUT2D eigenvalue weighted by Crippen LogP contribution is -2.31. The van der Waals surface area contributed by atoms with Crippen molar-refractivity contribution in [3.63, 3.8) is 0 Å². The monoisotopic (exact) mass is 270 g/mol. The third-order valence-corrected chi connectivity index (χ3v) is 4.43. The molecule has 0 aliphatic carbocycles. The normalized spacial score (nSPS) is 15.3. The molecule has 0 bridgehead atoms. The number of nitrogen functional groups attached to an aromatic ring is 1. The number of rotatable bonds is 2. The van der Waals surface area contributed by atoms with E-state index in [2.05, 4.69) is 36.0 Å². The first-order valence-corrected chi connectivity index (χ1v) is 7.14. The molecule has 0 radical (unpaired) electrons. The summed E-state index contributed by atoms with van der Waals surface area (Å²) < 4.78 is 1.97. The maximum Gasteiger partial charge on any atom is 0.0641 e. The van der Waals surface area contributed by atoms with Crippen LogP contribution in [0.2, 0.25) is 0 Å². The number of hydrogen-bond acceptors (Lipinski definition) is 3. The summed E-state index contributed by atoms with van der Waals surface area (Å²) in [5.41, 5.74) is 13.5. The molecule has 0 spiro atoms. The Morgan fingerprint density at radius 1 is 1.30 bits per heavy atom. The molecule has 0 saturated heterocycles. The summed E-state index contributed by atoms with van der Waals surface area (Å²) in [6.45, 7) is 7.22. The van der Waals surface area contributed by atoms with Crippen LogP contribution >= 0.6 is 0 Å². The second-order valence-electron chi connectivity index (χ2n) is 5.72. The van der Waals surface area contributed by atoms with E-state index in [1.807, 2.05) is 17.8 Å². The molecule has 1 aromatic heterocycles. The third kappa shape index (κ3) is 2.20. The molecule has 2 heterocycles. The van der Waals surface area contributed by atoms with Gasteiger partial charge in [0.05, 0.1) is 5.69 Å². The fourth-order valence-electron chi connectivity index (χ4n) is 3.07. The van der Waals surface area contributed by atoms with E-state index in [0.29, 0.717) is 0 Å². The van der Waals surface area contributed by atoms with Crippen LogP contribution in [-0.2, 0) is 26.6 Å². The summed E-state index contributed by atoms with van der Waals surface area (Å²) >= 11 is 0. The van der Waals surface area contributed by atoms with E-state index < -0.39 is 0 Å². The summed E-state index contributed by atoms with van der Waals surface area (Å²) in [5.74, 6) is 0. The van der Waals surface area contributed by atoms with Crippen molar-refractivity contribution in [3.8, 4) is 0 Å². The van der Waals surface area contributed by atoms with E-state index in [9.17, 15) is 0 Å². The molecule has 1 aliphatic rings. The highest BCUT2D eigenvalue weighted by Crippen LogP contribution is 2.26. The van der Waals surface area contributed by atoms with Crippen molar-refractivity contribution >= 4 is 5.69 Å². The van der Waals surface area contributed by atoms with Gasteiger partial charge in [-0.25, -0.2) is 0 Å². The number of fused-ring (bicyclic) bond motifs is 1. The van der Waals surface area contributed by atoms with Crippen molar-refractivity contribution in [2.45, 2.75) is 33.4 Å². The molecule has 0 fully saturated rings. The molecule has 3 rings (SSSR count). The number of nitrogens with zero attached hydrogens (tertiary/aromatic N) is 3. The van der Waals surface area contributed by atoms with Gasteiger partial charge >= 0.3 is 0 Å². The molecule has 106 valence electrons. The Hall–Kier alpha value is -1.81. The number of benzene rings is 1. The maximum absolute atomic E-state index is 6.12. The third-order valence-electron chi connectivity index (χ3n) is 4.43. The van der Waals surface area contributed by atoms with E-state index in [-0.39, 0.29) is 0 Å². The first kappa shape index (κ1) is 13.2. The largest absolute Gasteiger partial charge is 0.398 e. The van der Waals surface area contributed by atoms with Gasteiger partial charge in [0.15, 0.2) is 0 Å². The van der Waals surface area contributed by atoms with Gasteiger partial charge in [-0.3, -0.25) is 9.58 Å². The molecule has 1 aliphatic heterocycles. The number of nitrogens with two attached hydrogens (primary N) is 1. The lowest BCUT2D eigenvalue weighted by Gasteiger charge is -2.29. The highest BCUT2D eigenvalue weighted by atomic mass is 15.3. The molecule has 2 aromatic rings. The lowest BCUT2D eigenvalue weighted by atomic mass is 9.97. The van der Waals surface area contributed by atoms with E-state index >= 15 is 0 Å². The highest BCUT2D eigenvalue weighted by Gasteiger charge is 2.20. The topological polar surface area (TPSA) is 47.1 Å². The summed E-state index contributed by atoms with van der Waals surface area (Å²) in [4.78, 5) is 2.47. The van der Waals surface area contributed by atoms with Crippen LogP contribution in [0.5, 0.6) is 0 Å². The van der Waals surface area contributed by atoms with Crippen LogP contribution in [0.25, 0.3) is 0 Å². The standard InChI is InChI=1S/C16H22N4/c1-11-14(12(2)19(3)18-11)9-20-8-7-13-5-4-6-16(17)15(13)10-20/h4-6H,7-10,17H2,1-3H3.